The van der Waals surface area contributed by atoms with Crippen molar-refractivity contribution in [3.63, 3.8) is 0 Å². The molecule has 0 spiro atoms. The van der Waals surface area contributed by atoms with Crippen LogP contribution in [-0.2, 0) is 16.0 Å². The quantitative estimate of drug-likeness (QED) is 0.542. The molecule has 0 N–H and O–H groups in total. The Morgan fingerprint density at radius 3 is 2.73 bits per heavy atom. The second kappa shape index (κ2) is 7.71. The lowest BCUT2D eigenvalue weighted by atomic mass is 9.61. The first-order valence-corrected chi connectivity index (χ1v) is 11.6. The van der Waals surface area contributed by atoms with E-state index in [1.54, 1.807) is 0 Å². The van der Waals surface area contributed by atoms with Gasteiger partial charge in [-0.1, -0.05) is 6.08 Å². The Morgan fingerprint density at radius 2 is 1.94 bits per heavy atom. The summed E-state index contributed by atoms with van der Waals surface area (Å²) in [6, 6.07) is 1.24. The predicted octanol–water partition coefficient (Wildman–Crippen LogP) is 4.63. The number of hydrogen-bond acceptors (Lipinski definition) is 5. The van der Waals surface area contributed by atoms with Gasteiger partial charge < -0.3 is 9.30 Å². The maximum atomic E-state index is 15.0. The molecule has 0 unspecified atom stereocenters. The number of ether oxygens (including phenoxy) is 1. The Hall–Kier alpha value is -3.16. The summed E-state index contributed by atoms with van der Waals surface area (Å²) >= 11 is 0. The number of hydrogen-bond donors (Lipinski definition) is 0. The van der Waals surface area contributed by atoms with E-state index >= 15 is 0 Å². The highest BCUT2D eigenvalue weighted by atomic mass is 19.1. The molecule has 3 fully saturated rings. The van der Waals surface area contributed by atoms with Crippen molar-refractivity contribution in [3.05, 3.63) is 59.4 Å². The van der Waals surface area contributed by atoms with E-state index in [-0.39, 0.29) is 29.8 Å². The predicted molar refractivity (Wildman–Crippen MR) is 117 cm³/mol. The summed E-state index contributed by atoms with van der Waals surface area (Å²) in [5.41, 5.74) is 2.58. The van der Waals surface area contributed by atoms with Crippen LogP contribution in [0.3, 0.4) is 0 Å². The van der Waals surface area contributed by atoms with Crippen LogP contribution >= 0.6 is 0 Å². The smallest absolute Gasteiger partial charge is 0.311 e. The molecule has 2 atom stereocenters. The standard InChI is InChI=1S/C25H24F2N4O2/c1-2-33-25(32)21-13-3-5-14(6-4-13)22(21)31-12-19(27)18-11-29-23(30-24(18)31)16-7-8-20-17(16)9-15(26)10-28-20/h7,9-14,21-22H,2-6,8H2,1H3/t13?,14?,21-,22-/m0/s1. The first kappa shape index (κ1) is 20.4. The van der Waals surface area contributed by atoms with Gasteiger partial charge in [0.2, 0.25) is 0 Å². The van der Waals surface area contributed by atoms with Crippen LogP contribution in [-0.4, -0.2) is 32.1 Å². The van der Waals surface area contributed by atoms with Crippen LogP contribution in [0.4, 0.5) is 8.78 Å². The van der Waals surface area contributed by atoms with Gasteiger partial charge in [-0.25, -0.2) is 18.7 Å². The van der Waals surface area contributed by atoms with E-state index in [9.17, 15) is 13.6 Å². The number of pyridine rings is 1. The van der Waals surface area contributed by atoms with Crippen molar-refractivity contribution >= 4 is 22.6 Å². The van der Waals surface area contributed by atoms with Crippen LogP contribution in [0.15, 0.2) is 30.7 Å². The summed E-state index contributed by atoms with van der Waals surface area (Å²) in [6.07, 6.45) is 10.6. The lowest BCUT2D eigenvalue weighted by molar-refractivity contribution is -0.157. The van der Waals surface area contributed by atoms with E-state index in [1.165, 1.54) is 24.7 Å². The number of allylic oxidation sites excluding steroid dienone is 1. The van der Waals surface area contributed by atoms with Crippen molar-refractivity contribution in [1.82, 2.24) is 19.5 Å². The molecule has 0 aromatic carbocycles. The number of fused-ring (bicyclic) bond motifs is 5. The molecule has 0 aliphatic heterocycles. The fourth-order valence-electron chi connectivity index (χ4n) is 6.12. The van der Waals surface area contributed by atoms with E-state index in [4.69, 9.17) is 9.72 Å². The molecule has 3 aromatic rings. The number of aromatic nitrogens is 4. The number of rotatable bonds is 4. The van der Waals surface area contributed by atoms with Gasteiger partial charge in [0.15, 0.2) is 11.6 Å². The fourth-order valence-corrected chi connectivity index (χ4v) is 6.12. The van der Waals surface area contributed by atoms with Gasteiger partial charge in [0, 0.05) is 30.0 Å². The molecule has 7 rings (SSSR count). The topological polar surface area (TPSA) is 69.9 Å². The Balaban J connectivity index is 1.47. The highest BCUT2D eigenvalue weighted by Gasteiger charge is 2.49. The minimum absolute atomic E-state index is 0.199. The van der Waals surface area contributed by atoms with Crippen molar-refractivity contribution in [2.24, 2.45) is 17.8 Å². The second-order valence-electron chi connectivity index (χ2n) is 9.23. The summed E-state index contributed by atoms with van der Waals surface area (Å²) < 4.78 is 36.1. The molecule has 33 heavy (non-hydrogen) atoms. The fraction of sp³-hybridized carbons (Fsp3) is 0.440. The lowest BCUT2D eigenvalue weighted by Crippen LogP contribution is -2.45. The molecule has 4 aliphatic rings. The summed E-state index contributed by atoms with van der Waals surface area (Å²) in [5.74, 6) is -0.441. The summed E-state index contributed by atoms with van der Waals surface area (Å²) in [4.78, 5) is 26.3. The highest BCUT2D eigenvalue weighted by molar-refractivity contribution is 5.84. The normalized spacial score (nSPS) is 25.8. The van der Waals surface area contributed by atoms with Gasteiger partial charge in [0.25, 0.3) is 0 Å². The lowest BCUT2D eigenvalue weighted by Gasteiger charge is -2.47. The second-order valence-corrected chi connectivity index (χ2v) is 9.23. The van der Waals surface area contributed by atoms with Gasteiger partial charge in [-0.15, -0.1) is 0 Å². The maximum Gasteiger partial charge on any atom is 0.311 e. The summed E-state index contributed by atoms with van der Waals surface area (Å²) in [6.45, 7) is 2.13. The molecular formula is C25H24F2N4O2. The number of carbonyl (C=O) groups excluding carboxylic acids is 1. The van der Waals surface area contributed by atoms with Gasteiger partial charge in [-0.05, 0) is 50.5 Å². The van der Waals surface area contributed by atoms with Crippen LogP contribution in [0.5, 0.6) is 0 Å². The molecule has 3 heterocycles. The Morgan fingerprint density at radius 1 is 1.15 bits per heavy atom. The molecule has 0 amide bonds. The Labute approximate surface area is 189 Å². The van der Waals surface area contributed by atoms with Crippen molar-refractivity contribution < 1.29 is 18.3 Å². The minimum Gasteiger partial charge on any atom is -0.466 e. The number of esters is 1. The van der Waals surface area contributed by atoms with E-state index in [2.05, 4.69) is 9.97 Å². The largest absolute Gasteiger partial charge is 0.466 e. The monoisotopic (exact) mass is 450 g/mol. The van der Waals surface area contributed by atoms with E-state index in [0.29, 0.717) is 41.0 Å². The Bertz CT molecular complexity index is 1290. The van der Waals surface area contributed by atoms with Crippen LogP contribution in [0.2, 0.25) is 0 Å². The highest BCUT2D eigenvalue weighted by Crippen LogP contribution is 2.52. The molecule has 0 saturated heterocycles. The average Bonchev–Trinajstić information content (AvgIpc) is 3.39. The first-order chi connectivity index (χ1) is 16.0. The zero-order valence-electron chi connectivity index (χ0n) is 18.3. The molecule has 4 aliphatic carbocycles. The zero-order valence-corrected chi connectivity index (χ0v) is 18.3. The number of nitrogens with zero attached hydrogens (tertiary/aromatic N) is 4. The number of halogens is 2. The maximum absolute atomic E-state index is 15.0. The summed E-state index contributed by atoms with van der Waals surface area (Å²) in [7, 11) is 0. The van der Waals surface area contributed by atoms with Crippen molar-refractivity contribution in [2.45, 2.75) is 45.1 Å². The minimum atomic E-state index is -0.424. The average molecular weight is 450 g/mol. The first-order valence-electron chi connectivity index (χ1n) is 11.6. The van der Waals surface area contributed by atoms with Crippen molar-refractivity contribution in [1.29, 1.82) is 0 Å². The molecule has 3 aromatic heterocycles. The van der Waals surface area contributed by atoms with Crippen molar-refractivity contribution in [3.8, 4) is 0 Å². The van der Waals surface area contributed by atoms with Gasteiger partial charge in [-0.2, -0.15) is 0 Å². The molecule has 6 nitrogen and oxygen atoms in total. The van der Waals surface area contributed by atoms with Crippen LogP contribution in [0.25, 0.3) is 16.6 Å². The van der Waals surface area contributed by atoms with Gasteiger partial charge in [0.05, 0.1) is 35.8 Å². The SMILES string of the molecule is CCOC(=O)[C@H]1C2CCC(CC2)[C@@H]1n1cc(F)c2cnc(C3=CCc4ncc(F)cc43)nc21. The van der Waals surface area contributed by atoms with Crippen LogP contribution in [0, 0.1) is 29.4 Å². The number of carbonyl (C=O) groups is 1. The van der Waals surface area contributed by atoms with Gasteiger partial charge in [-0.3, -0.25) is 9.78 Å². The third-order valence-corrected chi connectivity index (χ3v) is 7.55. The Kier molecular flexibility index (Phi) is 4.78. The zero-order chi connectivity index (χ0) is 22.7. The van der Waals surface area contributed by atoms with Gasteiger partial charge >= 0.3 is 5.97 Å². The molecule has 2 bridgehead atoms. The molecule has 170 valence electrons. The molecule has 8 heteroatoms. The molecule has 0 radical (unpaired) electrons. The van der Waals surface area contributed by atoms with E-state index in [0.717, 1.165) is 31.4 Å². The van der Waals surface area contributed by atoms with Crippen molar-refractivity contribution in [2.75, 3.05) is 6.61 Å². The molecule has 3 saturated carbocycles. The van der Waals surface area contributed by atoms with E-state index < -0.39 is 11.6 Å². The summed E-state index contributed by atoms with van der Waals surface area (Å²) in [5, 5.41) is 0.319. The third-order valence-electron chi connectivity index (χ3n) is 7.55. The third kappa shape index (κ3) is 3.18. The van der Waals surface area contributed by atoms with Crippen LogP contribution in [0.1, 0.15) is 55.7 Å². The van der Waals surface area contributed by atoms with Gasteiger partial charge in [0.1, 0.15) is 11.5 Å². The molecular weight excluding hydrogens is 426 g/mol. The van der Waals surface area contributed by atoms with E-state index in [1.807, 2.05) is 17.6 Å². The van der Waals surface area contributed by atoms with Crippen LogP contribution < -0.4 is 0 Å².